The molecule has 0 spiro atoms. The molecule has 2 nitrogen and oxygen atoms in total. The minimum Gasteiger partial charge on any atom is -0.330 e. The minimum absolute atomic E-state index is 0.0799. The number of fused-ring (bicyclic) bond motifs is 1. The molecule has 0 radical (unpaired) electrons. The molecular formula is C15H11F3N2S. The lowest BCUT2D eigenvalue weighted by Crippen LogP contribution is -2.04. The van der Waals surface area contributed by atoms with E-state index in [1.54, 1.807) is 18.2 Å². The molecule has 0 amide bonds. The SMILES string of the molecule is Fc1ccccc1CCn1c(=S)[nH]c2ccc(F)c(F)c21. The maximum Gasteiger partial charge on any atom is 0.184 e. The van der Waals surface area contributed by atoms with E-state index in [2.05, 4.69) is 4.98 Å². The van der Waals surface area contributed by atoms with Crippen LogP contribution in [0.25, 0.3) is 11.0 Å². The van der Waals surface area contributed by atoms with Crippen molar-refractivity contribution in [2.24, 2.45) is 0 Å². The van der Waals surface area contributed by atoms with Gasteiger partial charge in [-0.05, 0) is 42.4 Å². The number of benzene rings is 2. The summed E-state index contributed by atoms with van der Waals surface area (Å²) in [6, 6.07) is 8.83. The molecule has 3 rings (SSSR count). The van der Waals surface area contributed by atoms with Crippen LogP contribution in [0.3, 0.4) is 0 Å². The minimum atomic E-state index is -0.951. The summed E-state index contributed by atoms with van der Waals surface area (Å²) in [7, 11) is 0. The standard InChI is InChI=1S/C15H11F3N2S/c16-10-4-2-1-3-9(10)7-8-20-14-12(19-15(20)21)6-5-11(17)13(14)18/h1-6H,7-8H2,(H,19,21). The maximum atomic E-state index is 13.9. The number of rotatable bonds is 3. The molecular weight excluding hydrogens is 297 g/mol. The largest absolute Gasteiger partial charge is 0.330 e. The Bertz CT molecular complexity index is 867. The highest BCUT2D eigenvalue weighted by molar-refractivity contribution is 7.71. The first kappa shape index (κ1) is 13.9. The average Bonchev–Trinajstić information content (AvgIpc) is 2.79. The van der Waals surface area contributed by atoms with Crippen molar-refractivity contribution in [3.63, 3.8) is 0 Å². The number of H-pyrrole nitrogens is 1. The molecule has 6 heteroatoms. The maximum absolute atomic E-state index is 13.9. The van der Waals surface area contributed by atoms with Gasteiger partial charge in [0.15, 0.2) is 16.4 Å². The summed E-state index contributed by atoms with van der Waals surface area (Å²) in [4.78, 5) is 2.82. The van der Waals surface area contributed by atoms with Crippen LogP contribution >= 0.6 is 12.2 Å². The van der Waals surface area contributed by atoms with Crippen LogP contribution in [-0.4, -0.2) is 9.55 Å². The summed E-state index contributed by atoms with van der Waals surface area (Å²) in [5.74, 6) is -2.21. The number of nitrogens with zero attached hydrogens (tertiary/aromatic N) is 1. The van der Waals surface area contributed by atoms with E-state index in [4.69, 9.17) is 12.2 Å². The fraction of sp³-hybridized carbons (Fsp3) is 0.133. The highest BCUT2D eigenvalue weighted by Crippen LogP contribution is 2.21. The summed E-state index contributed by atoms with van der Waals surface area (Å²) >= 11 is 5.13. The summed E-state index contributed by atoms with van der Waals surface area (Å²) < 4.78 is 42.6. The third kappa shape index (κ3) is 2.47. The van der Waals surface area contributed by atoms with Crippen molar-refractivity contribution in [1.29, 1.82) is 0 Å². The Morgan fingerprint density at radius 1 is 1.00 bits per heavy atom. The number of aromatic nitrogens is 2. The molecule has 1 aromatic heterocycles. The lowest BCUT2D eigenvalue weighted by Gasteiger charge is -2.06. The van der Waals surface area contributed by atoms with Crippen molar-refractivity contribution in [3.05, 3.63) is 64.2 Å². The molecule has 0 aliphatic rings. The Labute approximate surface area is 123 Å². The second-order valence-corrected chi connectivity index (χ2v) is 5.07. The van der Waals surface area contributed by atoms with E-state index in [1.807, 2.05) is 0 Å². The summed E-state index contributed by atoms with van der Waals surface area (Å²) in [5, 5.41) is 0. The smallest absolute Gasteiger partial charge is 0.184 e. The molecule has 3 aromatic rings. The third-order valence-corrected chi connectivity index (χ3v) is 3.71. The normalized spacial score (nSPS) is 11.2. The Hall–Kier alpha value is -2.08. The van der Waals surface area contributed by atoms with E-state index >= 15 is 0 Å². The molecule has 0 unspecified atom stereocenters. The number of imidazole rings is 1. The third-order valence-electron chi connectivity index (χ3n) is 3.39. The molecule has 2 aromatic carbocycles. The van der Waals surface area contributed by atoms with Crippen molar-refractivity contribution in [1.82, 2.24) is 9.55 Å². The quantitative estimate of drug-likeness (QED) is 0.713. The molecule has 0 aliphatic heterocycles. The van der Waals surface area contributed by atoms with Crippen LogP contribution in [0.4, 0.5) is 13.2 Å². The van der Waals surface area contributed by atoms with Crippen molar-refractivity contribution in [2.75, 3.05) is 0 Å². The Morgan fingerprint density at radius 3 is 2.52 bits per heavy atom. The summed E-state index contributed by atoms with van der Waals surface area (Å²) in [6.07, 6.45) is 0.337. The van der Waals surface area contributed by atoms with Gasteiger partial charge in [0.25, 0.3) is 0 Å². The van der Waals surface area contributed by atoms with Crippen LogP contribution in [-0.2, 0) is 13.0 Å². The molecule has 1 N–H and O–H groups in total. The Balaban J connectivity index is 2.01. The molecule has 0 aliphatic carbocycles. The van der Waals surface area contributed by atoms with E-state index in [0.717, 1.165) is 6.07 Å². The van der Waals surface area contributed by atoms with Crippen LogP contribution in [0.5, 0.6) is 0 Å². The van der Waals surface area contributed by atoms with Gasteiger partial charge in [0, 0.05) is 6.54 Å². The molecule has 0 fully saturated rings. The second-order valence-electron chi connectivity index (χ2n) is 4.68. The lowest BCUT2D eigenvalue weighted by molar-refractivity contribution is 0.510. The van der Waals surface area contributed by atoms with Gasteiger partial charge in [-0.3, -0.25) is 0 Å². The van der Waals surface area contributed by atoms with Gasteiger partial charge in [0.1, 0.15) is 11.3 Å². The fourth-order valence-electron chi connectivity index (χ4n) is 2.34. The molecule has 1 heterocycles. The molecule has 21 heavy (non-hydrogen) atoms. The van der Waals surface area contributed by atoms with Gasteiger partial charge < -0.3 is 9.55 Å². The fourth-order valence-corrected chi connectivity index (χ4v) is 2.63. The Kier molecular flexibility index (Phi) is 3.55. The number of nitrogens with one attached hydrogen (secondary N) is 1. The number of halogens is 3. The van der Waals surface area contributed by atoms with Gasteiger partial charge in [0.05, 0.1) is 5.52 Å². The zero-order valence-electron chi connectivity index (χ0n) is 10.9. The van der Waals surface area contributed by atoms with Gasteiger partial charge in [-0.15, -0.1) is 0 Å². The van der Waals surface area contributed by atoms with E-state index < -0.39 is 11.6 Å². The first-order chi connectivity index (χ1) is 10.1. The zero-order chi connectivity index (χ0) is 15.0. The van der Waals surface area contributed by atoms with Crippen LogP contribution in [0, 0.1) is 22.2 Å². The number of aromatic amines is 1. The van der Waals surface area contributed by atoms with Crippen molar-refractivity contribution < 1.29 is 13.2 Å². The number of aryl methyl sites for hydroxylation is 2. The molecule has 108 valence electrons. The van der Waals surface area contributed by atoms with Crippen molar-refractivity contribution in [3.8, 4) is 0 Å². The first-order valence-corrected chi connectivity index (χ1v) is 6.78. The van der Waals surface area contributed by atoms with Gasteiger partial charge in [0.2, 0.25) is 0 Å². The number of hydrogen-bond acceptors (Lipinski definition) is 1. The zero-order valence-corrected chi connectivity index (χ0v) is 11.7. The van der Waals surface area contributed by atoms with Crippen LogP contribution in [0.2, 0.25) is 0 Å². The van der Waals surface area contributed by atoms with E-state index in [0.29, 0.717) is 17.5 Å². The molecule has 0 atom stereocenters. The van der Waals surface area contributed by atoms with Crippen molar-refractivity contribution in [2.45, 2.75) is 13.0 Å². The van der Waals surface area contributed by atoms with Gasteiger partial charge in [-0.2, -0.15) is 0 Å². The van der Waals surface area contributed by atoms with E-state index in [9.17, 15) is 13.2 Å². The topological polar surface area (TPSA) is 20.7 Å². The monoisotopic (exact) mass is 308 g/mol. The van der Waals surface area contributed by atoms with Crippen LogP contribution in [0.15, 0.2) is 36.4 Å². The highest BCUT2D eigenvalue weighted by atomic mass is 32.1. The predicted molar refractivity (Wildman–Crippen MR) is 77.1 cm³/mol. The number of hydrogen-bond donors (Lipinski definition) is 1. The molecule has 0 bridgehead atoms. The van der Waals surface area contributed by atoms with Gasteiger partial charge in [-0.1, -0.05) is 18.2 Å². The highest BCUT2D eigenvalue weighted by Gasteiger charge is 2.14. The lowest BCUT2D eigenvalue weighted by atomic mass is 10.1. The Morgan fingerprint density at radius 2 is 1.76 bits per heavy atom. The van der Waals surface area contributed by atoms with Gasteiger partial charge >= 0.3 is 0 Å². The van der Waals surface area contributed by atoms with Gasteiger partial charge in [-0.25, -0.2) is 13.2 Å². The van der Waals surface area contributed by atoms with E-state index in [1.165, 1.54) is 16.7 Å². The van der Waals surface area contributed by atoms with Crippen LogP contribution in [0.1, 0.15) is 5.56 Å². The molecule has 0 saturated carbocycles. The molecule has 0 saturated heterocycles. The summed E-state index contributed by atoms with van der Waals surface area (Å²) in [5.41, 5.74) is 1.01. The predicted octanol–water partition coefficient (Wildman–Crippen LogP) is 4.36. The summed E-state index contributed by atoms with van der Waals surface area (Å²) in [6.45, 7) is 0.264. The van der Waals surface area contributed by atoms with Crippen LogP contribution < -0.4 is 0 Å². The first-order valence-electron chi connectivity index (χ1n) is 6.38. The second kappa shape index (κ2) is 5.37. The van der Waals surface area contributed by atoms with E-state index in [-0.39, 0.29) is 22.6 Å². The van der Waals surface area contributed by atoms with Crippen molar-refractivity contribution >= 4 is 23.3 Å². The average molecular weight is 308 g/mol.